The fourth-order valence-corrected chi connectivity index (χ4v) is 5.04. The molecule has 1 N–H and O–H groups in total. The van der Waals surface area contributed by atoms with Crippen LogP contribution in [0.4, 0.5) is 0 Å². The van der Waals surface area contributed by atoms with Crippen LogP contribution in [0.25, 0.3) is 0 Å². The Balaban J connectivity index is 1.87. The number of hydrogen-bond acceptors (Lipinski definition) is 4. The molecule has 0 unspecified atom stereocenters. The molecule has 0 spiro atoms. The SMILES string of the molecule is COc1cccc([C@@H]2C[C@H](O)CN2S(=O)(=O)CC2CC2)c1. The number of aliphatic hydroxyl groups excluding tert-OH is 1. The van der Waals surface area contributed by atoms with Gasteiger partial charge in [0.25, 0.3) is 0 Å². The Morgan fingerprint density at radius 3 is 2.81 bits per heavy atom. The second-order valence-electron chi connectivity index (χ2n) is 5.97. The summed E-state index contributed by atoms with van der Waals surface area (Å²) in [6, 6.07) is 7.13. The minimum absolute atomic E-state index is 0.191. The smallest absolute Gasteiger partial charge is 0.215 e. The van der Waals surface area contributed by atoms with Gasteiger partial charge in [-0.15, -0.1) is 0 Å². The largest absolute Gasteiger partial charge is 0.497 e. The number of methoxy groups -OCH3 is 1. The summed E-state index contributed by atoms with van der Waals surface area (Å²) >= 11 is 0. The molecule has 3 rings (SSSR count). The van der Waals surface area contributed by atoms with Gasteiger partial charge < -0.3 is 9.84 Å². The first kappa shape index (κ1) is 14.8. The van der Waals surface area contributed by atoms with E-state index in [2.05, 4.69) is 0 Å². The normalized spacial score (nSPS) is 27.0. The Labute approximate surface area is 125 Å². The van der Waals surface area contributed by atoms with Crippen molar-refractivity contribution in [3.63, 3.8) is 0 Å². The van der Waals surface area contributed by atoms with Crippen LogP contribution in [0.3, 0.4) is 0 Å². The number of aliphatic hydroxyl groups is 1. The predicted molar refractivity (Wildman–Crippen MR) is 79.6 cm³/mol. The maximum atomic E-state index is 12.6. The average Bonchev–Trinajstić information content (AvgIpc) is 3.16. The molecule has 0 radical (unpaired) electrons. The number of benzene rings is 1. The van der Waals surface area contributed by atoms with Crippen molar-refractivity contribution >= 4 is 10.0 Å². The highest BCUT2D eigenvalue weighted by molar-refractivity contribution is 7.89. The molecule has 6 heteroatoms. The molecule has 0 amide bonds. The number of sulfonamides is 1. The van der Waals surface area contributed by atoms with Crippen molar-refractivity contribution in [2.45, 2.75) is 31.4 Å². The van der Waals surface area contributed by atoms with Gasteiger partial charge in [-0.05, 0) is 42.9 Å². The second kappa shape index (κ2) is 5.59. The molecule has 0 bridgehead atoms. The van der Waals surface area contributed by atoms with E-state index in [1.54, 1.807) is 7.11 Å². The molecule has 2 fully saturated rings. The van der Waals surface area contributed by atoms with E-state index >= 15 is 0 Å². The summed E-state index contributed by atoms with van der Waals surface area (Å²) in [7, 11) is -1.73. The van der Waals surface area contributed by atoms with Gasteiger partial charge in [-0.25, -0.2) is 8.42 Å². The summed E-state index contributed by atoms with van der Waals surface area (Å²) in [5, 5.41) is 9.93. The number of ether oxygens (including phenoxy) is 1. The molecule has 0 aromatic heterocycles. The molecule has 1 aromatic rings. The lowest BCUT2D eigenvalue weighted by Crippen LogP contribution is -2.34. The Hall–Kier alpha value is -1.11. The summed E-state index contributed by atoms with van der Waals surface area (Å²) in [5.74, 6) is 1.22. The average molecular weight is 311 g/mol. The Morgan fingerprint density at radius 1 is 1.38 bits per heavy atom. The van der Waals surface area contributed by atoms with Crippen molar-refractivity contribution < 1.29 is 18.3 Å². The quantitative estimate of drug-likeness (QED) is 0.896. The lowest BCUT2D eigenvalue weighted by molar-refractivity contribution is 0.188. The van der Waals surface area contributed by atoms with E-state index in [9.17, 15) is 13.5 Å². The summed E-state index contributed by atoms with van der Waals surface area (Å²) in [5.41, 5.74) is 0.880. The van der Waals surface area contributed by atoms with E-state index in [4.69, 9.17) is 4.74 Å². The van der Waals surface area contributed by atoms with Crippen LogP contribution in [0, 0.1) is 5.92 Å². The Kier molecular flexibility index (Phi) is 3.94. The van der Waals surface area contributed by atoms with Crippen LogP contribution in [0.2, 0.25) is 0 Å². The van der Waals surface area contributed by atoms with E-state index in [-0.39, 0.29) is 18.3 Å². The van der Waals surface area contributed by atoms with Crippen molar-refractivity contribution in [3.8, 4) is 5.75 Å². The van der Waals surface area contributed by atoms with Crippen LogP contribution in [0.1, 0.15) is 30.9 Å². The first-order chi connectivity index (χ1) is 9.99. The molecule has 1 aliphatic carbocycles. The summed E-state index contributed by atoms with van der Waals surface area (Å²) < 4.78 is 31.8. The Morgan fingerprint density at radius 2 is 2.14 bits per heavy atom. The zero-order chi connectivity index (χ0) is 15.0. The van der Waals surface area contributed by atoms with Crippen molar-refractivity contribution in [1.29, 1.82) is 0 Å². The van der Waals surface area contributed by atoms with Gasteiger partial charge in [0, 0.05) is 6.54 Å². The van der Waals surface area contributed by atoms with E-state index in [1.165, 1.54) is 4.31 Å². The fraction of sp³-hybridized carbons (Fsp3) is 0.600. The third-order valence-corrected chi connectivity index (χ3v) is 6.22. The van der Waals surface area contributed by atoms with Crippen LogP contribution in [0.15, 0.2) is 24.3 Å². The first-order valence-electron chi connectivity index (χ1n) is 7.31. The maximum Gasteiger partial charge on any atom is 0.215 e. The molecule has 1 heterocycles. The molecule has 1 saturated carbocycles. The minimum atomic E-state index is -3.31. The number of rotatable bonds is 5. The molecule has 21 heavy (non-hydrogen) atoms. The molecule has 1 saturated heterocycles. The minimum Gasteiger partial charge on any atom is -0.497 e. The second-order valence-corrected chi connectivity index (χ2v) is 7.94. The topological polar surface area (TPSA) is 66.8 Å². The van der Waals surface area contributed by atoms with Gasteiger partial charge >= 0.3 is 0 Å². The first-order valence-corrected chi connectivity index (χ1v) is 8.92. The number of β-amino-alcohol motifs (C(OH)–C–C–N with tert-alkyl or cyclic N) is 1. The van der Waals surface area contributed by atoms with Crippen molar-refractivity contribution in [1.82, 2.24) is 4.31 Å². The van der Waals surface area contributed by atoms with Crippen LogP contribution >= 0.6 is 0 Å². The molecule has 5 nitrogen and oxygen atoms in total. The molecule has 2 aliphatic rings. The van der Waals surface area contributed by atoms with Crippen molar-refractivity contribution in [2.75, 3.05) is 19.4 Å². The summed E-state index contributed by atoms with van der Waals surface area (Å²) in [6.45, 7) is 0.191. The zero-order valence-corrected chi connectivity index (χ0v) is 12.9. The molecule has 116 valence electrons. The van der Waals surface area contributed by atoms with E-state index in [0.717, 1.165) is 18.4 Å². The maximum absolute atomic E-state index is 12.6. The molecule has 1 aromatic carbocycles. The van der Waals surface area contributed by atoms with Gasteiger partial charge in [0.05, 0.1) is 25.0 Å². The summed E-state index contributed by atoms with van der Waals surface area (Å²) in [4.78, 5) is 0. The van der Waals surface area contributed by atoms with E-state index < -0.39 is 16.1 Å². The van der Waals surface area contributed by atoms with Crippen molar-refractivity contribution in [2.24, 2.45) is 5.92 Å². The van der Waals surface area contributed by atoms with Gasteiger partial charge in [-0.3, -0.25) is 0 Å². The Bertz CT molecular complexity index is 612. The van der Waals surface area contributed by atoms with Crippen LogP contribution < -0.4 is 4.74 Å². The molecular weight excluding hydrogens is 290 g/mol. The fourth-order valence-electron chi connectivity index (χ4n) is 2.92. The predicted octanol–water partition coefficient (Wildman–Crippen LogP) is 1.54. The monoisotopic (exact) mass is 311 g/mol. The van der Waals surface area contributed by atoms with Gasteiger partial charge in [0.15, 0.2) is 0 Å². The van der Waals surface area contributed by atoms with Gasteiger partial charge in [0.2, 0.25) is 10.0 Å². The van der Waals surface area contributed by atoms with E-state index in [0.29, 0.717) is 18.1 Å². The lowest BCUT2D eigenvalue weighted by atomic mass is 10.0. The molecule has 2 atom stereocenters. The molecular formula is C15H21NO4S. The highest BCUT2D eigenvalue weighted by atomic mass is 32.2. The van der Waals surface area contributed by atoms with Crippen molar-refractivity contribution in [3.05, 3.63) is 29.8 Å². The van der Waals surface area contributed by atoms with Gasteiger partial charge in [0.1, 0.15) is 5.75 Å². The van der Waals surface area contributed by atoms with Gasteiger partial charge in [-0.2, -0.15) is 4.31 Å². The van der Waals surface area contributed by atoms with Gasteiger partial charge in [-0.1, -0.05) is 12.1 Å². The van der Waals surface area contributed by atoms with Crippen LogP contribution in [0.5, 0.6) is 5.75 Å². The highest BCUT2D eigenvalue weighted by Crippen LogP contribution is 2.38. The lowest BCUT2D eigenvalue weighted by Gasteiger charge is -2.24. The zero-order valence-electron chi connectivity index (χ0n) is 12.1. The summed E-state index contributed by atoms with van der Waals surface area (Å²) in [6.07, 6.45) is 1.84. The standard InChI is InChI=1S/C15H21NO4S/c1-20-14-4-2-3-12(7-14)15-8-13(17)9-16(15)21(18,19)10-11-5-6-11/h2-4,7,11,13,15,17H,5-6,8-10H2,1H3/t13-,15-/m0/s1. The third-order valence-electron chi connectivity index (χ3n) is 4.21. The highest BCUT2D eigenvalue weighted by Gasteiger charge is 2.41. The number of hydrogen-bond donors (Lipinski definition) is 1. The van der Waals surface area contributed by atoms with Crippen LogP contribution in [-0.4, -0.2) is 43.3 Å². The molecule has 1 aliphatic heterocycles. The third kappa shape index (κ3) is 3.22. The van der Waals surface area contributed by atoms with E-state index in [1.807, 2.05) is 24.3 Å². The number of nitrogens with zero attached hydrogens (tertiary/aromatic N) is 1. The van der Waals surface area contributed by atoms with Crippen LogP contribution in [-0.2, 0) is 10.0 Å².